The molecule has 0 bridgehead atoms. The Morgan fingerprint density at radius 3 is 2.79 bits per heavy atom. The second-order valence-corrected chi connectivity index (χ2v) is 6.86. The predicted molar refractivity (Wildman–Crippen MR) is 95.4 cm³/mol. The van der Waals surface area contributed by atoms with Gasteiger partial charge in [-0.3, -0.25) is 4.79 Å². The zero-order valence-corrected chi connectivity index (χ0v) is 14.5. The SMILES string of the molecule is CCc1nc2ccccc2n1C1CCN(C(=O)c2cscn2)CC1. The van der Waals surface area contributed by atoms with Gasteiger partial charge in [-0.05, 0) is 25.0 Å². The van der Waals surface area contributed by atoms with E-state index in [2.05, 4.69) is 34.7 Å². The first-order valence-electron chi connectivity index (χ1n) is 8.41. The minimum Gasteiger partial charge on any atom is -0.337 e. The average molecular weight is 340 g/mol. The van der Waals surface area contributed by atoms with Gasteiger partial charge >= 0.3 is 0 Å². The fourth-order valence-electron chi connectivity index (χ4n) is 3.56. The van der Waals surface area contributed by atoms with E-state index in [4.69, 9.17) is 4.98 Å². The third-order valence-corrected chi connectivity index (χ3v) is 5.34. The molecular weight excluding hydrogens is 320 g/mol. The Balaban J connectivity index is 1.55. The first-order chi connectivity index (χ1) is 11.8. The number of nitrogens with zero attached hydrogens (tertiary/aromatic N) is 4. The Bertz CT molecular complexity index is 847. The lowest BCUT2D eigenvalue weighted by atomic mass is 10.0. The number of carbonyl (C=O) groups is 1. The van der Waals surface area contributed by atoms with E-state index in [-0.39, 0.29) is 5.91 Å². The fraction of sp³-hybridized carbons (Fsp3) is 0.389. The van der Waals surface area contributed by atoms with E-state index in [0.717, 1.165) is 43.7 Å². The fourth-order valence-corrected chi connectivity index (χ4v) is 4.08. The number of rotatable bonds is 3. The van der Waals surface area contributed by atoms with Crippen LogP contribution in [0.2, 0.25) is 0 Å². The summed E-state index contributed by atoms with van der Waals surface area (Å²) in [6.45, 7) is 3.70. The highest BCUT2D eigenvalue weighted by Crippen LogP contribution is 2.29. The van der Waals surface area contributed by atoms with Crippen molar-refractivity contribution in [3.63, 3.8) is 0 Å². The molecule has 0 atom stereocenters. The molecule has 6 heteroatoms. The summed E-state index contributed by atoms with van der Waals surface area (Å²) < 4.78 is 2.39. The van der Waals surface area contributed by atoms with Gasteiger partial charge in [-0.25, -0.2) is 9.97 Å². The normalized spacial score (nSPS) is 16.0. The van der Waals surface area contributed by atoms with E-state index in [1.165, 1.54) is 16.9 Å². The Morgan fingerprint density at radius 2 is 2.08 bits per heavy atom. The summed E-state index contributed by atoms with van der Waals surface area (Å²) in [5.74, 6) is 1.20. The van der Waals surface area contributed by atoms with E-state index in [1.807, 2.05) is 16.3 Å². The number of hydrogen-bond acceptors (Lipinski definition) is 4. The van der Waals surface area contributed by atoms with Crippen molar-refractivity contribution in [3.05, 3.63) is 46.7 Å². The van der Waals surface area contributed by atoms with Gasteiger partial charge in [0.25, 0.3) is 5.91 Å². The number of imidazole rings is 1. The summed E-state index contributed by atoms with van der Waals surface area (Å²) in [6, 6.07) is 8.74. The Hall–Kier alpha value is -2.21. The maximum absolute atomic E-state index is 12.4. The predicted octanol–water partition coefficient (Wildman–Crippen LogP) is 3.53. The molecule has 0 aliphatic carbocycles. The van der Waals surface area contributed by atoms with Gasteiger partial charge in [-0.15, -0.1) is 11.3 Å². The number of aryl methyl sites for hydroxylation is 1. The zero-order chi connectivity index (χ0) is 16.5. The first-order valence-corrected chi connectivity index (χ1v) is 9.35. The quantitative estimate of drug-likeness (QED) is 0.733. The van der Waals surface area contributed by atoms with Gasteiger partial charge in [0, 0.05) is 30.9 Å². The maximum atomic E-state index is 12.4. The van der Waals surface area contributed by atoms with Crippen molar-refractivity contribution in [2.24, 2.45) is 0 Å². The minimum absolute atomic E-state index is 0.0564. The molecule has 2 aromatic heterocycles. The molecule has 1 fully saturated rings. The molecule has 0 N–H and O–H groups in total. The molecule has 24 heavy (non-hydrogen) atoms. The van der Waals surface area contributed by atoms with Gasteiger partial charge in [-0.2, -0.15) is 0 Å². The third kappa shape index (κ3) is 2.60. The van der Waals surface area contributed by atoms with Crippen molar-refractivity contribution >= 4 is 28.3 Å². The van der Waals surface area contributed by atoms with Gasteiger partial charge in [0.2, 0.25) is 0 Å². The van der Waals surface area contributed by atoms with Crippen LogP contribution in [0, 0.1) is 0 Å². The number of para-hydroxylation sites is 2. The Labute approximate surface area is 145 Å². The average Bonchev–Trinajstić information content (AvgIpc) is 3.28. The lowest BCUT2D eigenvalue weighted by Crippen LogP contribution is -2.39. The number of carbonyl (C=O) groups excluding carboxylic acids is 1. The Morgan fingerprint density at radius 1 is 1.29 bits per heavy atom. The Kier molecular flexibility index (Phi) is 4.06. The van der Waals surface area contributed by atoms with Crippen LogP contribution in [0.15, 0.2) is 35.2 Å². The number of amides is 1. The van der Waals surface area contributed by atoms with Crippen molar-refractivity contribution in [1.82, 2.24) is 19.4 Å². The van der Waals surface area contributed by atoms with E-state index in [0.29, 0.717) is 11.7 Å². The minimum atomic E-state index is 0.0564. The first kappa shape index (κ1) is 15.3. The van der Waals surface area contributed by atoms with Crippen LogP contribution in [-0.4, -0.2) is 38.4 Å². The molecule has 124 valence electrons. The van der Waals surface area contributed by atoms with Gasteiger partial charge in [0.05, 0.1) is 16.5 Å². The van der Waals surface area contributed by atoms with E-state index >= 15 is 0 Å². The number of thiazole rings is 1. The van der Waals surface area contributed by atoms with Gasteiger partial charge in [0.15, 0.2) is 0 Å². The highest BCUT2D eigenvalue weighted by atomic mass is 32.1. The zero-order valence-electron chi connectivity index (χ0n) is 13.7. The molecule has 0 unspecified atom stereocenters. The molecule has 1 amide bonds. The van der Waals surface area contributed by atoms with Crippen LogP contribution in [0.3, 0.4) is 0 Å². The molecule has 5 nitrogen and oxygen atoms in total. The van der Waals surface area contributed by atoms with E-state index < -0.39 is 0 Å². The molecule has 1 aliphatic heterocycles. The van der Waals surface area contributed by atoms with E-state index in [9.17, 15) is 4.79 Å². The molecule has 1 aliphatic rings. The van der Waals surface area contributed by atoms with Crippen LogP contribution >= 0.6 is 11.3 Å². The molecule has 0 saturated carbocycles. The second kappa shape index (κ2) is 6.36. The lowest BCUT2D eigenvalue weighted by Gasteiger charge is -2.33. The van der Waals surface area contributed by atoms with Crippen LogP contribution in [0.5, 0.6) is 0 Å². The summed E-state index contributed by atoms with van der Waals surface area (Å²) in [6.07, 6.45) is 2.85. The molecule has 4 rings (SSSR count). The van der Waals surface area contributed by atoms with Crippen molar-refractivity contribution in [3.8, 4) is 0 Å². The smallest absolute Gasteiger partial charge is 0.273 e. The van der Waals surface area contributed by atoms with Crippen molar-refractivity contribution in [2.45, 2.75) is 32.2 Å². The summed E-state index contributed by atoms with van der Waals surface area (Å²) in [7, 11) is 0. The van der Waals surface area contributed by atoms with Crippen molar-refractivity contribution in [2.75, 3.05) is 13.1 Å². The summed E-state index contributed by atoms with van der Waals surface area (Å²) in [5, 5.41) is 1.83. The van der Waals surface area contributed by atoms with Crippen molar-refractivity contribution < 1.29 is 4.79 Å². The van der Waals surface area contributed by atoms with Crippen molar-refractivity contribution in [1.29, 1.82) is 0 Å². The molecule has 1 saturated heterocycles. The molecule has 1 aromatic carbocycles. The van der Waals surface area contributed by atoms with Crippen LogP contribution in [-0.2, 0) is 6.42 Å². The third-order valence-electron chi connectivity index (χ3n) is 4.75. The van der Waals surface area contributed by atoms with Crippen LogP contribution in [0.25, 0.3) is 11.0 Å². The maximum Gasteiger partial charge on any atom is 0.273 e. The standard InChI is InChI=1S/C18H20N4OS/c1-2-17-20-14-5-3-4-6-16(14)22(17)13-7-9-21(10-8-13)18(23)15-11-24-12-19-15/h3-6,11-13H,2,7-10H2,1H3. The number of hydrogen-bond donors (Lipinski definition) is 0. The van der Waals surface area contributed by atoms with Gasteiger partial charge in [-0.1, -0.05) is 19.1 Å². The lowest BCUT2D eigenvalue weighted by molar-refractivity contribution is 0.0690. The van der Waals surface area contributed by atoms with E-state index in [1.54, 1.807) is 5.51 Å². The highest BCUT2D eigenvalue weighted by molar-refractivity contribution is 7.07. The summed E-state index contributed by atoms with van der Waals surface area (Å²) in [5.41, 5.74) is 4.56. The molecule has 3 heterocycles. The van der Waals surface area contributed by atoms with Crippen LogP contribution in [0.4, 0.5) is 0 Å². The van der Waals surface area contributed by atoms with Crippen LogP contribution in [0.1, 0.15) is 42.1 Å². The molecule has 3 aromatic rings. The highest BCUT2D eigenvalue weighted by Gasteiger charge is 2.27. The summed E-state index contributed by atoms with van der Waals surface area (Å²) >= 11 is 1.47. The number of benzene rings is 1. The number of piperidine rings is 1. The number of fused-ring (bicyclic) bond motifs is 1. The molecule has 0 spiro atoms. The monoisotopic (exact) mass is 340 g/mol. The largest absolute Gasteiger partial charge is 0.337 e. The second-order valence-electron chi connectivity index (χ2n) is 6.14. The summed E-state index contributed by atoms with van der Waals surface area (Å²) in [4.78, 5) is 23.3. The van der Waals surface area contributed by atoms with Gasteiger partial charge in [0.1, 0.15) is 11.5 Å². The molecule has 0 radical (unpaired) electrons. The van der Waals surface area contributed by atoms with Gasteiger partial charge < -0.3 is 9.47 Å². The number of aromatic nitrogens is 3. The van der Waals surface area contributed by atoms with Crippen LogP contribution < -0.4 is 0 Å². The molecular formula is C18H20N4OS. The topological polar surface area (TPSA) is 51.0 Å². The number of likely N-dealkylation sites (tertiary alicyclic amines) is 1.